The Morgan fingerprint density at radius 2 is 1.31 bits per heavy atom. The van der Waals surface area contributed by atoms with Crippen LogP contribution in [0.15, 0.2) is 48.5 Å². The Labute approximate surface area is 167 Å². The first-order chi connectivity index (χ1) is 13.8. The van der Waals surface area contributed by atoms with E-state index in [9.17, 15) is 24.5 Å². The first-order valence-electron chi connectivity index (χ1n) is 8.99. The number of hydrogen-bond acceptors (Lipinski definition) is 5. The fourth-order valence-corrected chi connectivity index (χ4v) is 2.28. The van der Waals surface area contributed by atoms with Crippen LogP contribution in [0.1, 0.15) is 34.6 Å². The highest BCUT2D eigenvalue weighted by Gasteiger charge is 2.10. The van der Waals surface area contributed by atoms with Crippen LogP contribution in [0.2, 0.25) is 0 Å². The second-order valence-electron chi connectivity index (χ2n) is 6.54. The Bertz CT molecular complexity index is 892. The van der Waals surface area contributed by atoms with Gasteiger partial charge in [-0.15, -0.1) is 0 Å². The van der Waals surface area contributed by atoms with Crippen LogP contribution in [0, 0.1) is 16.0 Å². The number of nitro benzene ring substituents is 1. The van der Waals surface area contributed by atoms with Crippen LogP contribution in [0.25, 0.3) is 0 Å². The standard InChI is InChI=1S/C20H22N4O5/c1-13(2)18(25)23-16-7-3-14(4-8-16)19(26)21-11-12-22-20(27)15-5-9-17(10-6-15)24(28)29/h3-10,13H,11-12H2,1-2H3,(H,21,26)(H,22,27)(H,23,25). The molecule has 152 valence electrons. The smallest absolute Gasteiger partial charge is 0.269 e. The van der Waals surface area contributed by atoms with Crippen molar-refractivity contribution in [2.75, 3.05) is 18.4 Å². The van der Waals surface area contributed by atoms with Gasteiger partial charge < -0.3 is 16.0 Å². The van der Waals surface area contributed by atoms with Gasteiger partial charge in [0.15, 0.2) is 0 Å². The first kappa shape index (κ1) is 21.5. The number of non-ortho nitro benzene ring substituents is 1. The van der Waals surface area contributed by atoms with Gasteiger partial charge in [0.1, 0.15) is 0 Å². The summed E-state index contributed by atoms with van der Waals surface area (Å²) in [6.07, 6.45) is 0. The molecule has 0 bridgehead atoms. The van der Waals surface area contributed by atoms with Crippen LogP contribution in [0.4, 0.5) is 11.4 Å². The SMILES string of the molecule is CC(C)C(=O)Nc1ccc(C(=O)NCCNC(=O)c2ccc([N+](=O)[O-])cc2)cc1. The minimum atomic E-state index is -0.540. The molecule has 3 amide bonds. The Morgan fingerprint density at radius 3 is 1.72 bits per heavy atom. The van der Waals surface area contributed by atoms with Crippen molar-refractivity contribution in [1.82, 2.24) is 10.6 Å². The topological polar surface area (TPSA) is 130 Å². The lowest BCUT2D eigenvalue weighted by Gasteiger charge is -2.09. The average Bonchev–Trinajstić information content (AvgIpc) is 2.71. The van der Waals surface area contributed by atoms with E-state index in [-0.39, 0.29) is 42.4 Å². The second-order valence-corrected chi connectivity index (χ2v) is 6.54. The van der Waals surface area contributed by atoms with E-state index in [1.807, 2.05) is 0 Å². The minimum absolute atomic E-state index is 0.0939. The van der Waals surface area contributed by atoms with Gasteiger partial charge in [0.05, 0.1) is 4.92 Å². The Morgan fingerprint density at radius 1 is 0.862 bits per heavy atom. The summed E-state index contributed by atoms with van der Waals surface area (Å²) in [4.78, 5) is 45.8. The zero-order valence-electron chi connectivity index (χ0n) is 16.1. The quantitative estimate of drug-likeness (QED) is 0.357. The summed E-state index contributed by atoms with van der Waals surface area (Å²) in [7, 11) is 0. The summed E-state index contributed by atoms with van der Waals surface area (Å²) < 4.78 is 0. The Hall–Kier alpha value is -3.75. The number of carbonyl (C=O) groups excluding carboxylic acids is 3. The molecule has 0 radical (unpaired) electrons. The van der Waals surface area contributed by atoms with Crippen molar-refractivity contribution in [2.45, 2.75) is 13.8 Å². The van der Waals surface area contributed by atoms with Crippen LogP contribution in [-0.4, -0.2) is 35.7 Å². The molecule has 2 rings (SSSR count). The van der Waals surface area contributed by atoms with Crippen LogP contribution in [0.3, 0.4) is 0 Å². The van der Waals surface area contributed by atoms with Gasteiger partial charge in [0, 0.05) is 48.0 Å². The number of nitrogens with one attached hydrogen (secondary N) is 3. The zero-order valence-corrected chi connectivity index (χ0v) is 16.1. The van der Waals surface area contributed by atoms with E-state index in [0.29, 0.717) is 16.8 Å². The van der Waals surface area contributed by atoms with Gasteiger partial charge >= 0.3 is 0 Å². The summed E-state index contributed by atoms with van der Waals surface area (Å²) in [5.41, 5.74) is 1.23. The van der Waals surface area contributed by atoms with Gasteiger partial charge in [-0.2, -0.15) is 0 Å². The number of nitrogens with zero attached hydrogens (tertiary/aromatic N) is 1. The highest BCUT2D eigenvalue weighted by Crippen LogP contribution is 2.12. The molecule has 0 aliphatic carbocycles. The molecule has 0 unspecified atom stereocenters. The Kier molecular flexibility index (Phi) is 7.41. The van der Waals surface area contributed by atoms with Crippen LogP contribution in [-0.2, 0) is 4.79 Å². The van der Waals surface area contributed by atoms with Gasteiger partial charge in [0.2, 0.25) is 5.91 Å². The highest BCUT2D eigenvalue weighted by molar-refractivity contribution is 5.96. The lowest BCUT2D eigenvalue weighted by Crippen LogP contribution is -2.34. The summed E-state index contributed by atoms with van der Waals surface area (Å²) >= 11 is 0. The predicted molar refractivity (Wildman–Crippen MR) is 108 cm³/mol. The molecule has 0 aromatic heterocycles. The second kappa shape index (κ2) is 9.98. The third-order valence-electron chi connectivity index (χ3n) is 3.98. The minimum Gasteiger partial charge on any atom is -0.350 e. The van der Waals surface area contributed by atoms with Crippen molar-refractivity contribution < 1.29 is 19.3 Å². The van der Waals surface area contributed by atoms with Crippen molar-refractivity contribution in [3.05, 3.63) is 69.8 Å². The van der Waals surface area contributed by atoms with Gasteiger partial charge in [0.25, 0.3) is 17.5 Å². The molecule has 3 N–H and O–H groups in total. The number of anilines is 1. The monoisotopic (exact) mass is 398 g/mol. The maximum absolute atomic E-state index is 12.1. The fourth-order valence-electron chi connectivity index (χ4n) is 2.28. The lowest BCUT2D eigenvalue weighted by atomic mass is 10.1. The molecule has 9 nitrogen and oxygen atoms in total. The van der Waals surface area contributed by atoms with Crippen molar-refractivity contribution >= 4 is 29.1 Å². The molecule has 29 heavy (non-hydrogen) atoms. The van der Waals surface area contributed by atoms with E-state index in [2.05, 4.69) is 16.0 Å². The van der Waals surface area contributed by atoms with Gasteiger partial charge in [-0.05, 0) is 36.4 Å². The van der Waals surface area contributed by atoms with E-state index in [1.165, 1.54) is 24.3 Å². The molecule has 2 aromatic rings. The molecule has 0 heterocycles. The molecule has 0 saturated heterocycles. The largest absolute Gasteiger partial charge is 0.350 e. The molecule has 0 fully saturated rings. The zero-order chi connectivity index (χ0) is 21.4. The van der Waals surface area contributed by atoms with E-state index < -0.39 is 4.92 Å². The number of amides is 3. The number of rotatable bonds is 8. The molecular formula is C20H22N4O5. The predicted octanol–water partition coefficient (Wildman–Crippen LogP) is 2.35. The summed E-state index contributed by atoms with van der Waals surface area (Å²) in [6.45, 7) is 3.99. The van der Waals surface area contributed by atoms with Crippen LogP contribution in [0.5, 0.6) is 0 Å². The number of carbonyl (C=O) groups is 3. The maximum atomic E-state index is 12.1. The summed E-state index contributed by atoms with van der Waals surface area (Å²) in [6, 6.07) is 11.7. The van der Waals surface area contributed by atoms with E-state index >= 15 is 0 Å². The molecule has 2 aromatic carbocycles. The summed E-state index contributed by atoms with van der Waals surface area (Å²) in [5, 5.41) is 18.7. The number of nitro groups is 1. The molecule has 0 aliphatic heterocycles. The van der Waals surface area contributed by atoms with Crippen LogP contribution >= 0.6 is 0 Å². The van der Waals surface area contributed by atoms with Crippen molar-refractivity contribution in [3.63, 3.8) is 0 Å². The lowest BCUT2D eigenvalue weighted by molar-refractivity contribution is -0.384. The van der Waals surface area contributed by atoms with E-state index in [0.717, 1.165) is 0 Å². The molecule has 0 saturated carbocycles. The third-order valence-corrected chi connectivity index (χ3v) is 3.98. The number of hydrogen-bond donors (Lipinski definition) is 3. The average molecular weight is 398 g/mol. The molecule has 0 aliphatic rings. The van der Waals surface area contributed by atoms with Crippen molar-refractivity contribution in [3.8, 4) is 0 Å². The van der Waals surface area contributed by atoms with Crippen molar-refractivity contribution in [1.29, 1.82) is 0 Å². The normalized spacial score (nSPS) is 10.3. The fraction of sp³-hybridized carbons (Fsp3) is 0.250. The van der Waals surface area contributed by atoms with Crippen molar-refractivity contribution in [2.24, 2.45) is 5.92 Å². The molecular weight excluding hydrogens is 376 g/mol. The van der Waals surface area contributed by atoms with Gasteiger partial charge in [-0.1, -0.05) is 13.8 Å². The van der Waals surface area contributed by atoms with Gasteiger partial charge in [-0.3, -0.25) is 24.5 Å². The number of benzene rings is 2. The maximum Gasteiger partial charge on any atom is 0.269 e. The molecule has 0 atom stereocenters. The first-order valence-corrected chi connectivity index (χ1v) is 8.99. The molecule has 0 spiro atoms. The van der Waals surface area contributed by atoms with E-state index in [4.69, 9.17) is 0 Å². The van der Waals surface area contributed by atoms with E-state index in [1.54, 1.807) is 38.1 Å². The third kappa shape index (κ3) is 6.42. The van der Waals surface area contributed by atoms with Gasteiger partial charge in [-0.25, -0.2) is 0 Å². The molecule has 9 heteroatoms. The summed E-state index contributed by atoms with van der Waals surface area (Å²) in [5.74, 6) is -0.944. The Balaban J connectivity index is 1.77. The highest BCUT2D eigenvalue weighted by atomic mass is 16.6. The van der Waals surface area contributed by atoms with Crippen LogP contribution < -0.4 is 16.0 Å².